The Hall–Kier alpha value is -3.79. The first-order valence-corrected chi connectivity index (χ1v) is 25.2. The lowest BCUT2D eigenvalue weighted by atomic mass is 10.0. The molecule has 2 aliphatic heterocycles. The van der Waals surface area contributed by atoms with Crippen molar-refractivity contribution in [1.29, 1.82) is 0 Å². The summed E-state index contributed by atoms with van der Waals surface area (Å²) in [4.78, 5) is 60.0. The van der Waals surface area contributed by atoms with Gasteiger partial charge in [-0.05, 0) is 62.3 Å². The summed E-state index contributed by atoms with van der Waals surface area (Å²) in [5, 5.41) is 105. The molecule has 1 saturated heterocycles. The largest absolute Gasteiger partial charge is 0.492 e. The van der Waals surface area contributed by atoms with Crippen LogP contribution in [0.1, 0.15) is 44.1 Å². The van der Waals surface area contributed by atoms with Crippen LogP contribution in [0.25, 0.3) is 0 Å². The standard InChI is InChI=1S/C45H67Cl2N7O15S/c46-28-20-35(29(47)19-26(28)21-52-25-70-24-32(52)44(67)54-17-16-53(27-9-10-27)30-7-1-2-8-31(30)54)69-18-4-3-11-50-45(68)51(14-5-12-48-42(65)40(63)38(61)36(59)33(57)22-55)15-6-13-49-43(66)41(64)39(62)37(60)34(58)23-56/h1-2,7-8,19-20,27,32-34,36-41,55-64H,3-6,9-18,21-25H2,(H,48,65)(H,49,66)(H,50,68)/t32-,33+,34+,36+,37+,38-,39-,40+,41+/m0/s1. The van der Waals surface area contributed by atoms with Gasteiger partial charge in [0.15, 0.2) is 12.2 Å². The summed E-state index contributed by atoms with van der Waals surface area (Å²) in [5.41, 5.74) is 2.81. The van der Waals surface area contributed by atoms with Gasteiger partial charge in [-0.3, -0.25) is 19.3 Å². The third-order valence-electron chi connectivity index (χ3n) is 12.3. The molecule has 5 amide bonds. The molecule has 0 spiro atoms. The highest BCUT2D eigenvalue weighted by atomic mass is 35.5. The minimum Gasteiger partial charge on any atom is -0.492 e. The fourth-order valence-corrected chi connectivity index (χ4v) is 9.64. The lowest BCUT2D eigenvalue weighted by Gasteiger charge is -2.39. The van der Waals surface area contributed by atoms with Crippen molar-refractivity contribution in [2.75, 3.05) is 87.1 Å². The maximum Gasteiger partial charge on any atom is 0.317 e. The van der Waals surface area contributed by atoms with E-state index in [1.165, 1.54) is 17.7 Å². The molecule has 2 fully saturated rings. The number of thioether (sulfide) groups is 1. The quantitative estimate of drug-likeness (QED) is 0.0408. The van der Waals surface area contributed by atoms with Gasteiger partial charge in [0, 0.05) is 81.1 Å². The minimum absolute atomic E-state index is 0.0369. The second-order valence-corrected chi connectivity index (χ2v) is 19.3. The number of carbonyl (C=O) groups excluding carboxylic acids is 4. The highest BCUT2D eigenvalue weighted by Gasteiger charge is 2.40. The zero-order valence-electron chi connectivity index (χ0n) is 38.6. The number of unbranched alkanes of at least 4 members (excludes halogenated alkanes) is 1. The van der Waals surface area contributed by atoms with Gasteiger partial charge in [0.25, 0.3) is 11.8 Å². The minimum atomic E-state index is -2.15. The molecule has 9 atom stereocenters. The summed E-state index contributed by atoms with van der Waals surface area (Å²) in [6.45, 7) is 0.295. The predicted molar refractivity (Wildman–Crippen MR) is 259 cm³/mol. The van der Waals surface area contributed by atoms with Gasteiger partial charge in [-0.15, -0.1) is 11.8 Å². The maximum atomic E-state index is 14.1. The van der Waals surface area contributed by atoms with Crippen molar-refractivity contribution in [3.05, 3.63) is 52.0 Å². The molecule has 25 heteroatoms. The fourth-order valence-electron chi connectivity index (χ4n) is 8.00. The summed E-state index contributed by atoms with van der Waals surface area (Å²) >= 11 is 15.1. The van der Waals surface area contributed by atoms with Crippen LogP contribution in [0.4, 0.5) is 16.2 Å². The molecule has 70 heavy (non-hydrogen) atoms. The SMILES string of the molecule is O=C(NCCCN(CCCNC(=O)[C@H](O)[C@@H](O)[C@H](O)[C@H](O)CO)C(=O)NCCCCOc1cc(Cl)c(CN2CSC[C@H]2C(=O)N2CCN(C3CC3)c3ccccc32)cc1Cl)[C@H](O)[C@@H](O)[C@H](O)[C@H](O)CO. The number of carbonyl (C=O) groups is 4. The number of para-hydroxylation sites is 2. The molecule has 2 aromatic rings. The summed E-state index contributed by atoms with van der Waals surface area (Å²) in [6.07, 6.45) is -12.6. The Morgan fingerprint density at radius 3 is 1.87 bits per heavy atom. The topological polar surface area (TPSA) is 329 Å². The van der Waals surface area contributed by atoms with Gasteiger partial charge < -0.3 is 86.5 Å². The number of hydrogen-bond donors (Lipinski definition) is 13. The summed E-state index contributed by atoms with van der Waals surface area (Å²) in [7, 11) is 0. The van der Waals surface area contributed by atoms with Crippen molar-refractivity contribution in [2.45, 2.75) is 106 Å². The van der Waals surface area contributed by atoms with E-state index in [1.54, 1.807) is 23.9 Å². The molecule has 0 aromatic heterocycles. The highest BCUT2D eigenvalue weighted by molar-refractivity contribution is 7.99. The van der Waals surface area contributed by atoms with Crippen LogP contribution in [0.3, 0.4) is 0 Å². The van der Waals surface area contributed by atoms with Crippen LogP contribution in [0.2, 0.25) is 10.0 Å². The number of anilines is 2. The molecule has 0 unspecified atom stereocenters. The number of rotatable bonds is 28. The second kappa shape index (κ2) is 27.9. The molecular formula is C45H67Cl2N7O15S. The van der Waals surface area contributed by atoms with Crippen molar-refractivity contribution in [1.82, 2.24) is 25.8 Å². The monoisotopic (exact) mass is 1050 g/mol. The van der Waals surface area contributed by atoms with Gasteiger partial charge in [-0.1, -0.05) is 35.3 Å². The molecule has 392 valence electrons. The number of benzene rings is 2. The van der Waals surface area contributed by atoms with E-state index < -0.39 is 79.9 Å². The number of amides is 5. The van der Waals surface area contributed by atoms with Gasteiger partial charge in [-0.2, -0.15) is 0 Å². The lowest BCUT2D eigenvalue weighted by molar-refractivity contribution is -0.149. The molecule has 2 heterocycles. The van der Waals surface area contributed by atoms with Crippen molar-refractivity contribution >= 4 is 70.1 Å². The number of ether oxygens (including phenoxy) is 1. The van der Waals surface area contributed by atoms with Crippen molar-refractivity contribution in [3.63, 3.8) is 0 Å². The molecule has 13 N–H and O–H groups in total. The molecule has 5 rings (SSSR count). The Balaban J connectivity index is 1.07. The van der Waals surface area contributed by atoms with E-state index in [1.807, 2.05) is 23.1 Å². The van der Waals surface area contributed by atoms with Crippen LogP contribution in [-0.2, 0) is 20.9 Å². The highest BCUT2D eigenvalue weighted by Crippen LogP contribution is 2.41. The van der Waals surface area contributed by atoms with E-state index >= 15 is 0 Å². The average molecular weight is 1050 g/mol. The van der Waals surface area contributed by atoms with E-state index in [0.717, 1.165) is 23.5 Å². The van der Waals surface area contributed by atoms with Gasteiger partial charge in [0.2, 0.25) is 5.91 Å². The van der Waals surface area contributed by atoms with E-state index in [4.69, 9.17) is 38.2 Å². The van der Waals surface area contributed by atoms with Gasteiger partial charge >= 0.3 is 6.03 Å². The normalized spacial score (nSPS) is 19.5. The zero-order chi connectivity index (χ0) is 51.1. The van der Waals surface area contributed by atoms with Gasteiger partial charge in [0.05, 0.1) is 42.3 Å². The number of hydrogen-bond acceptors (Lipinski definition) is 18. The van der Waals surface area contributed by atoms with Crippen molar-refractivity contribution in [2.24, 2.45) is 0 Å². The number of nitrogens with zero attached hydrogens (tertiary/aromatic N) is 4. The van der Waals surface area contributed by atoms with Crippen LogP contribution in [0.15, 0.2) is 36.4 Å². The molecule has 0 radical (unpaired) electrons. The summed E-state index contributed by atoms with van der Waals surface area (Å²) < 4.78 is 5.96. The van der Waals surface area contributed by atoms with Gasteiger partial charge in [0.1, 0.15) is 42.4 Å². The Labute approximate surface area is 420 Å². The molecule has 0 bridgehead atoms. The first kappa shape index (κ1) is 57.1. The lowest BCUT2D eigenvalue weighted by Crippen LogP contribution is -2.52. The zero-order valence-corrected chi connectivity index (χ0v) is 41.0. The average Bonchev–Trinajstić information content (AvgIpc) is 4.11. The van der Waals surface area contributed by atoms with Crippen LogP contribution in [0.5, 0.6) is 5.75 Å². The molecule has 22 nitrogen and oxygen atoms in total. The molecule has 3 aliphatic rings. The Bertz CT molecular complexity index is 1990. The van der Waals surface area contributed by atoms with E-state index in [-0.39, 0.29) is 64.1 Å². The summed E-state index contributed by atoms with van der Waals surface area (Å²) in [6, 6.07) is 11.2. The Morgan fingerprint density at radius 2 is 1.30 bits per heavy atom. The number of nitrogens with one attached hydrogen (secondary N) is 3. The molecular weight excluding hydrogens is 982 g/mol. The first-order valence-electron chi connectivity index (χ1n) is 23.3. The number of fused-ring (bicyclic) bond motifs is 1. The number of aliphatic hydroxyl groups excluding tert-OH is 10. The van der Waals surface area contributed by atoms with E-state index in [0.29, 0.717) is 59.4 Å². The van der Waals surface area contributed by atoms with Crippen LogP contribution in [-0.4, -0.2) is 223 Å². The number of aliphatic hydroxyl groups is 10. The fraction of sp³-hybridized carbons (Fsp3) is 0.644. The third kappa shape index (κ3) is 15.6. The molecule has 1 saturated carbocycles. The summed E-state index contributed by atoms with van der Waals surface area (Å²) in [5.74, 6) is -0.415. The van der Waals surface area contributed by atoms with E-state index in [2.05, 4.69) is 31.8 Å². The Kier molecular flexibility index (Phi) is 22.7. The smallest absolute Gasteiger partial charge is 0.317 e. The maximum absolute atomic E-state index is 14.1. The first-order chi connectivity index (χ1) is 33.5. The number of halogens is 2. The molecule has 1 aliphatic carbocycles. The predicted octanol–water partition coefficient (Wildman–Crippen LogP) is -2.06. The second-order valence-electron chi connectivity index (χ2n) is 17.5. The molecule has 2 aromatic carbocycles. The third-order valence-corrected chi connectivity index (χ3v) is 14.0. The van der Waals surface area contributed by atoms with Crippen LogP contribution in [0, 0.1) is 0 Å². The van der Waals surface area contributed by atoms with Gasteiger partial charge in [-0.25, -0.2) is 4.79 Å². The van der Waals surface area contributed by atoms with Crippen LogP contribution < -0.4 is 30.5 Å². The van der Waals surface area contributed by atoms with Crippen LogP contribution >= 0.6 is 35.0 Å². The van der Waals surface area contributed by atoms with Crippen molar-refractivity contribution < 1.29 is 75.0 Å². The van der Waals surface area contributed by atoms with E-state index in [9.17, 15) is 60.0 Å². The van der Waals surface area contributed by atoms with Crippen molar-refractivity contribution in [3.8, 4) is 5.75 Å². The Morgan fingerprint density at radius 1 is 0.729 bits per heavy atom. The number of urea groups is 1.